The summed E-state index contributed by atoms with van der Waals surface area (Å²) in [5.74, 6) is 0. The molecule has 0 saturated carbocycles. The second-order valence-corrected chi connectivity index (χ2v) is 7.18. The lowest BCUT2D eigenvalue weighted by Crippen LogP contribution is -2.16. The van der Waals surface area contributed by atoms with Crippen molar-refractivity contribution >= 4 is 10.8 Å². The van der Waals surface area contributed by atoms with E-state index in [0.717, 1.165) is 38.8 Å². The van der Waals surface area contributed by atoms with Crippen molar-refractivity contribution in [3.8, 4) is 34.1 Å². The third-order valence-electron chi connectivity index (χ3n) is 5.36. The third kappa shape index (κ3) is 3.29. The first-order chi connectivity index (χ1) is 15.3. The first kappa shape index (κ1) is 18.5. The van der Waals surface area contributed by atoms with E-state index >= 15 is 0 Å². The zero-order valence-electron chi connectivity index (χ0n) is 16.6. The van der Waals surface area contributed by atoms with Crippen LogP contribution in [0.15, 0.2) is 108 Å². The fourth-order valence-corrected chi connectivity index (χ4v) is 3.93. The number of rotatable bonds is 3. The molecule has 0 fully saturated rings. The van der Waals surface area contributed by atoms with Crippen molar-refractivity contribution in [1.29, 1.82) is 5.26 Å². The van der Waals surface area contributed by atoms with Crippen molar-refractivity contribution in [2.24, 2.45) is 0 Å². The van der Waals surface area contributed by atoms with Crippen molar-refractivity contribution in [3.05, 3.63) is 119 Å². The molecular formula is C27H17N3O. The molecule has 0 N–H and O–H groups in total. The first-order valence-electron chi connectivity index (χ1n) is 9.92. The zero-order valence-corrected chi connectivity index (χ0v) is 16.6. The molecule has 31 heavy (non-hydrogen) atoms. The smallest absolute Gasteiger partial charge is 0.255 e. The van der Waals surface area contributed by atoms with Gasteiger partial charge in [0, 0.05) is 29.4 Å². The van der Waals surface area contributed by atoms with Gasteiger partial charge in [-0.05, 0) is 52.9 Å². The van der Waals surface area contributed by atoms with Gasteiger partial charge in [-0.15, -0.1) is 0 Å². The molecule has 3 aromatic carbocycles. The normalized spacial score (nSPS) is 10.7. The number of pyridine rings is 2. The van der Waals surface area contributed by atoms with Crippen LogP contribution in [0.5, 0.6) is 0 Å². The molecular weight excluding hydrogens is 382 g/mol. The predicted molar refractivity (Wildman–Crippen MR) is 123 cm³/mol. The predicted octanol–water partition coefficient (Wildman–Crippen LogP) is 5.59. The largest absolute Gasteiger partial charge is 0.284 e. The second-order valence-electron chi connectivity index (χ2n) is 7.18. The van der Waals surface area contributed by atoms with Crippen LogP contribution in [0.3, 0.4) is 0 Å². The average Bonchev–Trinajstić information content (AvgIpc) is 2.84. The number of hydrogen-bond donors (Lipinski definition) is 0. The lowest BCUT2D eigenvalue weighted by molar-refractivity contribution is 1.00. The van der Waals surface area contributed by atoms with Gasteiger partial charge in [0.15, 0.2) is 0 Å². The van der Waals surface area contributed by atoms with Gasteiger partial charge >= 0.3 is 0 Å². The van der Waals surface area contributed by atoms with Crippen molar-refractivity contribution in [2.75, 3.05) is 0 Å². The van der Waals surface area contributed by atoms with Gasteiger partial charge in [0.2, 0.25) is 0 Å². The van der Waals surface area contributed by atoms with Gasteiger partial charge in [0.1, 0.15) is 0 Å². The minimum atomic E-state index is -0.113. The summed E-state index contributed by atoms with van der Waals surface area (Å²) in [7, 11) is 0. The Morgan fingerprint density at radius 3 is 2.39 bits per heavy atom. The number of fused-ring (bicyclic) bond motifs is 1. The van der Waals surface area contributed by atoms with Gasteiger partial charge in [-0.3, -0.25) is 14.3 Å². The Bertz CT molecular complexity index is 1510. The molecule has 2 heterocycles. The average molecular weight is 399 g/mol. The van der Waals surface area contributed by atoms with E-state index < -0.39 is 0 Å². The van der Waals surface area contributed by atoms with Crippen LogP contribution in [-0.2, 0) is 0 Å². The molecule has 0 amide bonds. The number of benzene rings is 3. The summed E-state index contributed by atoms with van der Waals surface area (Å²) in [5, 5.41) is 11.5. The fourth-order valence-electron chi connectivity index (χ4n) is 3.93. The van der Waals surface area contributed by atoms with Crippen LogP contribution in [0.1, 0.15) is 5.56 Å². The molecule has 2 aromatic heterocycles. The van der Waals surface area contributed by atoms with Crippen molar-refractivity contribution in [2.45, 2.75) is 0 Å². The highest BCUT2D eigenvalue weighted by atomic mass is 16.1. The molecule has 0 saturated heterocycles. The Kier molecular flexibility index (Phi) is 4.62. The van der Waals surface area contributed by atoms with E-state index in [4.69, 9.17) is 0 Å². The standard InChI is InChI=1S/C27H17N3O/c28-18-19-8-1-2-9-21(19)20-16-24-22(25-12-3-5-14-29-25)10-7-11-23(24)26(17-20)30-15-6-4-13-27(30)31/h1-17H. The van der Waals surface area contributed by atoms with Gasteiger partial charge in [0.25, 0.3) is 5.56 Å². The SMILES string of the molecule is N#Cc1ccccc1-c1cc(-n2ccccc2=O)c2cccc(-c3ccccn3)c2c1. The molecule has 0 aliphatic heterocycles. The van der Waals surface area contributed by atoms with Gasteiger partial charge in [-0.2, -0.15) is 5.26 Å². The molecule has 0 unspecified atom stereocenters. The Balaban J connectivity index is 1.91. The maximum Gasteiger partial charge on any atom is 0.255 e. The van der Waals surface area contributed by atoms with E-state index in [1.54, 1.807) is 35.2 Å². The van der Waals surface area contributed by atoms with E-state index in [2.05, 4.69) is 17.1 Å². The van der Waals surface area contributed by atoms with E-state index in [1.807, 2.05) is 66.7 Å². The molecule has 0 atom stereocenters. The van der Waals surface area contributed by atoms with Gasteiger partial charge in [-0.1, -0.05) is 48.5 Å². The Morgan fingerprint density at radius 1 is 0.774 bits per heavy atom. The highest BCUT2D eigenvalue weighted by molar-refractivity contribution is 6.03. The number of hydrogen-bond acceptors (Lipinski definition) is 3. The maximum absolute atomic E-state index is 12.7. The van der Waals surface area contributed by atoms with Gasteiger partial charge < -0.3 is 0 Å². The Morgan fingerprint density at radius 2 is 1.58 bits per heavy atom. The lowest BCUT2D eigenvalue weighted by Gasteiger charge is -2.15. The van der Waals surface area contributed by atoms with E-state index in [-0.39, 0.29) is 5.56 Å². The molecule has 146 valence electrons. The molecule has 5 rings (SSSR count). The maximum atomic E-state index is 12.7. The van der Waals surface area contributed by atoms with Crippen LogP contribution in [0.4, 0.5) is 0 Å². The lowest BCUT2D eigenvalue weighted by atomic mass is 9.93. The molecule has 0 spiro atoms. The Hall–Kier alpha value is -4.49. The van der Waals surface area contributed by atoms with Crippen LogP contribution in [-0.4, -0.2) is 9.55 Å². The van der Waals surface area contributed by atoms with Crippen molar-refractivity contribution < 1.29 is 0 Å². The van der Waals surface area contributed by atoms with Crippen molar-refractivity contribution in [1.82, 2.24) is 9.55 Å². The summed E-state index contributed by atoms with van der Waals surface area (Å²) in [6.07, 6.45) is 3.54. The first-order valence-corrected chi connectivity index (χ1v) is 9.92. The zero-order chi connectivity index (χ0) is 21.2. The van der Waals surface area contributed by atoms with Gasteiger partial charge in [-0.25, -0.2) is 0 Å². The summed E-state index contributed by atoms with van der Waals surface area (Å²) in [6.45, 7) is 0. The monoisotopic (exact) mass is 399 g/mol. The number of nitriles is 1. The van der Waals surface area contributed by atoms with Crippen molar-refractivity contribution in [3.63, 3.8) is 0 Å². The van der Waals surface area contributed by atoms with Crippen LogP contribution in [0.25, 0.3) is 38.8 Å². The molecule has 0 bridgehead atoms. The highest BCUT2D eigenvalue weighted by Crippen LogP contribution is 2.36. The van der Waals surface area contributed by atoms with E-state index in [9.17, 15) is 10.1 Å². The number of aromatic nitrogens is 2. The summed E-state index contributed by atoms with van der Waals surface area (Å²) in [5.41, 5.74) is 4.77. The minimum Gasteiger partial charge on any atom is -0.284 e. The summed E-state index contributed by atoms with van der Waals surface area (Å²) >= 11 is 0. The summed E-state index contributed by atoms with van der Waals surface area (Å²) < 4.78 is 1.64. The molecule has 0 radical (unpaired) electrons. The third-order valence-corrected chi connectivity index (χ3v) is 5.36. The molecule has 0 aliphatic carbocycles. The molecule has 4 nitrogen and oxygen atoms in total. The minimum absolute atomic E-state index is 0.113. The van der Waals surface area contributed by atoms with Gasteiger partial charge in [0.05, 0.1) is 23.0 Å². The number of nitrogens with zero attached hydrogens (tertiary/aromatic N) is 3. The molecule has 4 heteroatoms. The summed E-state index contributed by atoms with van der Waals surface area (Å²) in [6, 6.07) is 30.8. The molecule has 0 aliphatic rings. The quantitative estimate of drug-likeness (QED) is 0.397. The summed E-state index contributed by atoms with van der Waals surface area (Å²) in [4.78, 5) is 17.2. The van der Waals surface area contributed by atoms with E-state index in [0.29, 0.717) is 5.56 Å². The Labute approximate surface area is 179 Å². The van der Waals surface area contributed by atoms with E-state index in [1.165, 1.54) is 0 Å². The molecule has 5 aromatic rings. The van der Waals surface area contributed by atoms with Crippen LogP contribution >= 0.6 is 0 Å². The second kappa shape index (κ2) is 7.74. The van der Waals surface area contributed by atoms with Crippen LogP contribution in [0, 0.1) is 11.3 Å². The fraction of sp³-hybridized carbons (Fsp3) is 0. The van der Waals surface area contributed by atoms with Crippen LogP contribution in [0.2, 0.25) is 0 Å². The highest BCUT2D eigenvalue weighted by Gasteiger charge is 2.14. The van der Waals surface area contributed by atoms with Crippen LogP contribution < -0.4 is 5.56 Å². The topological polar surface area (TPSA) is 58.7 Å².